The van der Waals surface area contributed by atoms with E-state index < -0.39 is 27.8 Å². The molecule has 1 heterocycles. The van der Waals surface area contributed by atoms with Crippen LogP contribution in [0.1, 0.15) is 12.7 Å². The highest BCUT2D eigenvalue weighted by Crippen LogP contribution is 2.17. The Hall–Kier alpha value is -2.15. The zero-order chi connectivity index (χ0) is 15.4. The van der Waals surface area contributed by atoms with Gasteiger partial charge in [-0.2, -0.15) is 0 Å². The van der Waals surface area contributed by atoms with Crippen LogP contribution in [-0.2, 0) is 22.1 Å². The molecule has 0 spiro atoms. The Bertz CT molecular complexity index is 658. The quantitative estimate of drug-likeness (QED) is 0.825. The molecule has 7 heteroatoms. The first-order valence-corrected chi connectivity index (χ1v) is 7.46. The van der Waals surface area contributed by atoms with Crippen LogP contribution in [0.25, 0.3) is 0 Å². The third kappa shape index (κ3) is 3.69. The van der Waals surface area contributed by atoms with Crippen LogP contribution >= 0.6 is 0 Å². The van der Waals surface area contributed by atoms with E-state index in [9.17, 15) is 13.4 Å². The molecule has 0 fully saturated rings. The first kappa shape index (κ1) is 15.2. The highest BCUT2D eigenvalue weighted by atomic mass is 32.2. The molecule has 2 aromatic rings. The van der Waals surface area contributed by atoms with Crippen molar-refractivity contribution in [3.63, 3.8) is 0 Å². The number of nitrogens with two attached hydrogens (primary N) is 1. The number of halogens is 1. The highest BCUT2D eigenvalue weighted by molar-refractivity contribution is 7.86. The van der Waals surface area contributed by atoms with E-state index in [1.54, 1.807) is 12.1 Å². The van der Waals surface area contributed by atoms with E-state index in [2.05, 4.69) is 5.32 Å². The van der Waals surface area contributed by atoms with Crippen molar-refractivity contribution in [2.24, 2.45) is 0 Å². The Kier molecular flexibility index (Phi) is 4.74. The number of carbonyl (C=O) groups is 1. The number of anilines is 1. The number of rotatable bonds is 5. The molecule has 2 unspecified atom stereocenters. The van der Waals surface area contributed by atoms with E-state index in [0.29, 0.717) is 5.76 Å². The summed E-state index contributed by atoms with van der Waals surface area (Å²) < 4.78 is 30.7. The van der Waals surface area contributed by atoms with Crippen LogP contribution < -0.4 is 11.1 Å². The maximum atomic E-state index is 13.4. The zero-order valence-electron chi connectivity index (χ0n) is 11.3. The molecule has 0 saturated heterocycles. The van der Waals surface area contributed by atoms with Gasteiger partial charge in [-0.25, -0.2) is 4.39 Å². The van der Waals surface area contributed by atoms with Gasteiger partial charge in [0.2, 0.25) is 5.91 Å². The van der Waals surface area contributed by atoms with Gasteiger partial charge in [-0.3, -0.25) is 9.00 Å². The molecule has 0 aliphatic rings. The predicted octanol–water partition coefficient (Wildman–Crippen LogP) is 1.81. The maximum absolute atomic E-state index is 13.4. The van der Waals surface area contributed by atoms with Crippen LogP contribution in [0.5, 0.6) is 0 Å². The van der Waals surface area contributed by atoms with Gasteiger partial charge in [-0.05, 0) is 37.3 Å². The van der Waals surface area contributed by atoms with Gasteiger partial charge < -0.3 is 15.5 Å². The Morgan fingerprint density at radius 1 is 1.48 bits per heavy atom. The third-order valence-corrected chi connectivity index (χ3v) is 4.49. The van der Waals surface area contributed by atoms with E-state index in [1.807, 2.05) is 0 Å². The van der Waals surface area contributed by atoms with E-state index in [-0.39, 0.29) is 17.1 Å². The van der Waals surface area contributed by atoms with Crippen LogP contribution in [0, 0.1) is 5.82 Å². The Morgan fingerprint density at radius 3 is 2.86 bits per heavy atom. The molecule has 3 N–H and O–H groups in total. The smallest absolute Gasteiger partial charge is 0.236 e. The summed E-state index contributed by atoms with van der Waals surface area (Å²) in [5.41, 5.74) is 5.34. The Morgan fingerprint density at radius 2 is 2.24 bits per heavy atom. The van der Waals surface area contributed by atoms with Crippen molar-refractivity contribution in [2.75, 3.05) is 5.73 Å². The molecule has 2 atom stereocenters. The molecule has 2 rings (SSSR count). The Balaban J connectivity index is 2.00. The first-order valence-electron chi connectivity index (χ1n) is 6.24. The lowest BCUT2D eigenvalue weighted by atomic mass is 10.3. The van der Waals surface area contributed by atoms with E-state index in [1.165, 1.54) is 25.3 Å². The number of carbonyl (C=O) groups excluding carboxylic acids is 1. The van der Waals surface area contributed by atoms with E-state index in [4.69, 9.17) is 10.2 Å². The van der Waals surface area contributed by atoms with Crippen LogP contribution in [-0.4, -0.2) is 15.4 Å². The number of amides is 1. The molecule has 21 heavy (non-hydrogen) atoms. The summed E-state index contributed by atoms with van der Waals surface area (Å²) in [6, 6.07) is 7.29. The lowest BCUT2D eigenvalue weighted by Crippen LogP contribution is -2.35. The molecule has 1 aromatic carbocycles. The van der Waals surface area contributed by atoms with Gasteiger partial charge >= 0.3 is 0 Å². The minimum Gasteiger partial charge on any atom is -0.467 e. The summed E-state index contributed by atoms with van der Waals surface area (Å²) >= 11 is 0. The molecule has 0 aliphatic heterocycles. The first-order chi connectivity index (χ1) is 9.99. The van der Waals surface area contributed by atoms with Crippen molar-refractivity contribution < 1.29 is 17.8 Å². The standard InChI is InChI=1S/C14H15FN2O3S/c1-9(14(18)17-8-10-3-2-6-20-10)21(19)11-4-5-13(16)12(15)7-11/h2-7,9H,8,16H2,1H3,(H,17,18). The monoisotopic (exact) mass is 310 g/mol. The fourth-order valence-electron chi connectivity index (χ4n) is 1.67. The second kappa shape index (κ2) is 6.53. The molecule has 1 amide bonds. The minimum absolute atomic E-state index is 0.0225. The molecule has 5 nitrogen and oxygen atoms in total. The van der Waals surface area contributed by atoms with Crippen molar-refractivity contribution in [2.45, 2.75) is 23.6 Å². The summed E-state index contributed by atoms with van der Waals surface area (Å²) in [6.07, 6.45) is 1.50. The van der Waals surface area contributed by atoms with Crippen LogP contribution in [0.4, 0.5) is 10.1 Å². The average molecular weight is 310 g/mol. The predicted molar refractivity (Wildman–Crippen MR) is 77.2 cm³/mol. The second-order valence-corrected chi connectivity index (χ2v) is 6.19. The molecule has 0 bridgehead atoms. The third-order valence-electron chi connectivity index (χ3n) is 2.91. The molecule has 1 aromatic heterocycles. The van der Waals surface area contributed by atoms with Gasteiger partial charge in [0.15, 0.2) is 0 Å². The van der Waals surface area contributed by atoms with Crippen molar-refractivity contribution in [3.05, 3.63) is 48.2 Å². The SMILES string of the molecule is CC(C(=O)NCc1ccco1)S(=O)c1ccc(N)c(F)c1. The number of benzene rings is 1. The maximum Gasteiger partial charge on any atom is 0.236 e. The molecular weight excluding hydrogens is 295 g/mol. The van der Waals surface area contributed by atoms with Crippen LogP contribution in [0.2, 0.25) is 0 Å². The number of hydrogen-bond acceptors (Lipinski definition) is 4. The van der Waals surface area contributed by atoms with E-state index in [0.717, 1.165) is 6.07 Å². The fraction of sp³-hybridized carbons (Fsp3) is 0.214. The second-order valence-electron chi connectivity index (χ2n) is 4.42. The molecule has 0 radical (unpaired) electrons. The molecular formula is C14H15FN2O3S. The van der Waals surface area contributed by atoms with Gasteiger partial charge in [0.1, 0.15) is 16.8 Å². The lowest BCUT2D eigenvalue weighted by Gasteiger charge is -2.12. The number of nitrogens with one attached hydrogen (secondary N) is 1. The number of furan rings is 1. The zero-order valence-corrected chi connectivity index (χ0v) is 12.2. The highest BCUT2D eigenvalue weighted by Gasteiger charge is 2.22. The van der Waals surface area contributed by atoms with Crippen LogP contribution in [0.3, 0.4) is 0 Å². The van der Waals surface area contributed by atoms with Crippen molar-refractivity contribution in [1.29, 1.82) is 0 Å². The van der Waals surface area contributed by atoms with Gasteiger partial charge in [0, 0.05) is 4.90 Å². The fourth-order valence-corrected chi connectivity index (χ4v) is 2.77. The van der Waals surface area contributed by atoms with Gasteiger partial charge in [0.25, 0.3) is 0 Å². The van der Waals surface area contributed by atoms with Crippen molar-refractivity contribution >= 4 is 22.4 Å². The largest absolute Gasteiger partial charge is 0.467 e. The van der Waals surface area contributed by atoms with Crippen molar-refractivity contribution in [1.82, 2.24) is 5.32 Å². The summed E-state index contributed by atoms with van der Waals surface area (Å²) in [5, 5.41) is 1.80. The normalized spacial score (nSPS) is 13.6. The summed E-state index contributed by atoms with van der Waals surface area (Å²) in [7, 11) is -1.66. The Labute approximate surface area is 123 Å². The minimum atomic E-state index is -1.66. The van der Waals surface area contributed by atoms with E-state index >= 15 is 0 Å². The molecule has 0 saturated carbocycles. The summed E-state index contributed by atoms with van der Waals surface area (Å²) in [6.45, 7) is 1.73. The summed E-state index contributed by atoms with van der Waals surface area (Å²) in [5.74, 6) is -0.453. The lowest BCUT2D eigenvalue weighted by molar-refractivity contribution is -0.120. The molecule has 112 valence electrons. The van der Waals surface area contributed by atoms with Crippen molar-refractivity contribution in [3.8, 4) is 0 Å². The van der Waals surface area contributed by atoms with Crippen LogP contribution in [0.15, 0.2) is 45.9 Å². The number of nitrogen functional groups attached to an aromatic ring is 1. The van der Waals surface area contributed by atoms with Gasteiger partial charge in [0.05, 0.1) is 29.3 Å². The number of hydrogen-bond donors (Lipinski definition) is 2. The molecule has 0 aliphatic carbocycles. The van der Waals surface area contributed by atoms with Gasteiger partial charge in [-0.1, -0.05) is 0 Å². The average Bonchev–Trinajstić information content (AvgIpc) is 2.99. The topological polar surface area (TPSA) is 85.3 Å². The summed E-state index contributed by atoms with van der Waals surface area (Å²) in [4.78, 5) is 12.2. The van der Waals surface area contributed by atoms with Gasteiger partial charge in [-0.15, -0.1) is 0 Å².